The first-order chi connectivity index (χ1) is 7.75. The first-order valence-electron chi connectivity index (χ1n) is 5.48. The molecule has 0 amide bonds. The maximum Gasteiger partial charge on any atom is 0.308 e. The highest BCUT2D eigenvalue weighted by Gasteiger charge is 2.32. The Bertz CT molecular complexity index is 444. The number of benzene rings is 1. The predicted molar refractivity (Wildman–Crippen MR) is 59.0 cm³/mol. The minimum atomic E-state index is -0.706. The van der Waals surface area contributed by atoms with Gasteiger partial charge >= 0.3 is 5.97 Å². The van der Waals surface area contributed by atoms with Crippen molar-refractivity contribution >= 4 is 11.7 Å². The van der Waals surface area contributed by atoms with Gasteiger partial charge in [-0.3, -0.25) is 4.79 Å². The van der Waals surface area contributed by atoms with Crippen LogP contribution in [0.1, 0.15) is 5.56 Å². The Balaban J connectivity index is 2.05. The summed E-state index contributed by atoms with van der Waals surface area (Å²) in [6, 6.07) is 5.88. The Hall–Kier alpha value is -1.71. The lowest BCUT2D eigenvalue weighted by Gasteiger charge is -2.38. The van der Waals surface area contributed by atoms with Crippen LogP contribution in [0.4, 0.5) is 5.69 Å². The fraction of sp³-hybridized carbons (Fsp3) is 0.417. The quantitative estimate of drug-likeness (QED) is 0.769. The Morgan fingerprint density at radius 1 is 1.50 bits per heavy atom. The van der Waals surface area contributed by atoms with E-state index >= 15 is 0 Å². The second kappa shape index (κ2) is 3.40. The molecule has 1 aromatic rings. The normalized spacial score (nSPS) is 22.2. The monoisotopic (exact) mass is 219 g/mol. The van der Waals surface area contributed by atoms with Crippen LogP contribution in [0.5, 0.6) is 5.75 Å². The van der Waals surface area contributed by atoms with E-state index in [0.29, 0.717) is 19.6 Å². The number of para-hydroxylation sites is 1. The van der Waals surface area contributed by atoms with Crippen LogP contribution < -0.4 is 9.64 Å². The number of hydrogen-bond donors (Lipinski definition) is 1. The minimum absolute atomic E-state index is 0.291. The Morgan fingerprint density at radius 3 is 3.19 bits per heavy atom. The number of nitrogens with zero attached hydrogens (tertiary/aromatic N) is 1. The van der Waals surface area contributed by atoms with Crippen LogP contribution in [0.3, 0.4) is 0 Å². The summed E-state index contributed by atoms with van der Waals surface area (Å²) in [4.78, 5) is 13.2. The van der Waals surface area contributed by atoms with Crippen molar-refractivity contribution in [2.45, 2.75) is 6.42 Å². The van der Waals surface area contributed by atoms with Crippen LogP contribution in [0, 0.1) is 5.92 Å². The molecule has 4 heteroatoms. The second-order valence-corrected chi connectivity index (χ2v) is 4.30. The standard InChI is InChI=1S/C12H13NO3/c14-12(15)9-6-8-2-1-3-10-11(8)13(7-9)4-5-16-10/h1-3,9H,4-7H2,(H,14,15). The van der Waals surface area contributed by atoms with Gasteiger partial charge in [0.1, 0.15) is 12.4 Å². The molecule has 1 N–H and O–H groups in total. The van der Waals surface area contributed by atoms with E-state index in [1.165, 1.54) is 0 Å². The molecule has 4 nitrogen and oxygen atoms in total. The molecular weight excluding hydrogens is 206 g/mol. The van der Waals surface area contributed by atoms with E-state index in [-0.39, 0.29) is 5.92 Å². The number of aliphatic carboxylic acids is 1. The van der Waals surface area contributed by atoms with Crippen molar-refractivity contribution in [3.05, 3.63) is 23.8 Å². The summed E-state index contributed by atoms with van der Waals surface area (Å²) >= 11 is 0. The van der Waals surface area contributed by atoms with Crippen molar-refractivity contribution in [3.63, 3.8) is 0 Å². The van der Waals surface area contributed by atoms with Crippen molar-refractivity contribution in [1.82, 2.24) is 0 Å². The largest absolute Gasteiger partial charge is 0.490 e. The molecule has 3 rings (SSSR count). The van der Waals surface area contributed by atoms with E-state index < -0.39 is 5.97 Å². The van der Waals surface area contributed by atoms with Crippen molar-refractivity contribution in [3.8, 4) is 5.75 Å². The molecule has 2 heterocycles. The molecule has 16 heavy (non-hydrogen) atoms. The van der Waals surface area contributed by atoms with E-state index in [4.69, 9.17) is 9.84 Å². The van der Waals surface area contributed by atoms with E-state index in [0.717, 1.165) is 23.5 Å². The molecule has 84 valence electrons. The molecule has 0 bridgehead atoms. The molecule has 1 unspecified atom stereocenters. The lowest BCUT2D eigenvalue weighted by Crippen LogP contribution is -2.43. The summed E-state index contributed by atoms with van der Waals surface area (Å²) in [6.07, 6.45) is 0.609. The molecule has 0 spiro atoms. The van der Waals surface area contributed by atoms with Crippen molar-refractivity contribution in [2.75, 3.05) is 24.6 Å². The van der Waals surface area contributed by atoms with Gasteiger partial charge in [-0.15, -0.1) is 0 Å². The lowest BCUT2D eigenvalue weighted by atomic mass is 9.91. The van der Waals surface area contributed by atoms with Gasteiger partial charge in [-0.1, -0.05) is 12.1 Å². The average molecular weight is 219 g/mol. The predicted octanol–water partition coefficient (Wildman–Crippen LogP) is 1.14. The highest BCUT2D eigenvalue weighted by Crippen LogP contribution is 2.39. The molecule has 0 fully saturated rings. The first-order valence-corrected chi connectivity index (χ1v) is 5.48. The maximum atomic E-state index is 11.1. The third kappa shape index (κ3) is 1.33. The minimum Gasteiger partial charge on any atom is -0.490 e. The number of carbonyl (C=O) groups is 1. The lowest BCUT2D eigenvalue weighted by molar-refractivity contribution is -0.141. The number of carboxylic acid groups (broad SMARTS) is 1. The van der Waals surface area contributed by atoms with Crippen molar-refractivity contribution in [1.29, 1.82) is 0 Å². The van der Waals surface area contributed by atoms with E-state index in [1.807, 2.05) is 18.2 Å². The van der Waals surface area contributed by atoms with Crippen molar-refractivity contribution < 1.29 is 14.6 Å². The van der Waals surface area contributed by atoms with Gasteiger partial charge in [0.05, 0.1) is 18.2 Å². The zero-order chi connectivity index (χ0) is 11.1. The van der Waals surface area contributed by atoms with Gasteiger partial charge in [-0.2, -0.15) is 0 Å². The molecule has 0 radical (unpaired) electrons. The number of anilines is 1. The summed E-state index contributed by atoms with van der Waals surface area (Å²) in [5.74, 6) is -0.101. The molecule has 0 saturated carbocycles. The number of rotatable bonds is 1. The highest BCUT2D eigenvalue weighted by molar-refractivity contribution is 5.76. The second-order valence-electron chi connectivity index (χ2n) is 4.30. The summed E-state index contributed by atoms with van der Waals surface area (Å²) < 4.78 is 5.58. The van der Waals surface area contributed by atoms with E-state index in [9.17, 15) is 4.79 Å². The number of ether oxygens (including phenoxy) is 1. The molecule has 2 aliphatic heterocycles. The average Bonchev–Trinajstić information content (AvgIpc) is 2.29. The summed E-state index contributed by atoms with van der Waals surface area (Å²) in [7, 11) is 0. The van der Waals surface area contributed by atoms with Crippen molar-refractivity contribution in [2.24, 2.45) is 5.92 Å². The fourth-order valence-corrected chi connectivity index (χ4v) is 2.53. The molecule has 1 atom stereocenters. The summed E-state index contributed by atoms with van der Waals surface area (Å²) in [6.45, 7) is 2.03. The zero-order valence-electron chi connectivity index (χ0n) is 8.85. The topological polar surface area (TPSA) is 49.8 Å². The van der Waals surface area contributed by atoms with Gasteiger partial charge < -0.3 is 14.7 Å². The fourth-order valence-electron chi connectivity index (χ4n) is 2.53. The number of hydrogen-bond acceptors (Lipinski definition) is 3. The summed E-state index contributed by atoms with van der Waals surface area (Å²) in [5, 5.41) is 9.11. The third-order valence-corrected chi connectivity index (χ3v) is 3.27. The van der Waals surface area contributed by atoms with Gasteiger partial charge in [0.15, 0.2) is 0 Å². The van der Waals surface area contributed by atoms with E-state index in [1.54, 1.807) is 0 Å². The van der Waals surface area contributed by atoms with Gasteiger partial charge in [-0.25, -0.2) is 0 Å². The zero-order valence-corrected chi connectivity index (χ0v) is 8.85. The molecular formula is C12H13NO3. The maximum absolute atomic E-state index is 11.1. The molecule has 0 saturated heterocycles. The van der Waals surface area contributed by atoms with Crippen LogP contribution in [-0.2, 0) is 11.2 Å². The smallest absolute Gasteiger partial charge is 0.308 e. The molecule has 0 aliphatic carbocycles. The first kappa shape index (κ1) is 9.51. The van der Waals surface area contributed by atoms with E-state index in [2.05, 4.69) is 4.90 Å². The Morgan fingerprint density at radius 2 is 2.38 bits per heavy atom. The third-order valence-electron chi connectivity index (χ3n) is 3.27. The van der Waals surface area contributed by atoms with Crippen LogP contribution >= 0.6 is 0 Å². The number of carboxylic acids is 1. The Labute approximate surface area is 93.4 Å². The van der Waals surface area contributed by atoms with Gasteiger partial charge in [0.25, 0.3) is 0 Å². The molecule has 0 aromatic heterocycles. The summed E-state index contributed by atoms with van der Waals surface area (Å²) in [5.41, 5.74) is 2.20. The van der Waals surface area contributed by atoms with Gasteiger partial charge in [0.2, 0.25) is 0 Å². The Kier molecular flexibility index (Phi) is 2.02. The molecule has 2 aliphatic rings. The van der Waals surface area contributed by atoms with Crippen LogP contribution in [0.25, 0.3) is 0 Å². The van der Waals surface area contributed by atoms with Crippen LogP contribution in [0.2, 0.25) is 0 Å². The van der Waals surface area contributed by atoms with Gasteiger partial charge in [-0.05, 0) is 18.1 Å². The molecule has 1 aromatic carbocycles. The highest BCUT2D eigenvalue weighted by atomic mass is 16.5. The SMILES string of the molecule is O=C(O)C1Cc2cccc3c2N(CCO3)C1. The van der Waals surface area contributed by atoms with Crippen LogP contribution in [-0.4, -0.2) is 30.8 Å². The van der Waals surface area contributed by atoms with Crippen LogP contribution in [0.15, 0.2) is 18.2 Å². The van der Waals surface area contributed by atoms with Gasteiger partial charge in [0, 0.05) is 6.54 Å².